The van der Waals surface area contributed by atoms with Crippen LogP contribution in [0.2, 0.25) is 0 Å². The van der Waals surface area contributed by atoms with Crippen LogP contribution in [-0.2, 0) is 4.74 Å². The highest BCUT2D eigenvalue weighted by molar-refractivity contribution is 4.81. The van der Waals surface area contributed by atoms with E-state index in [1.807, 2.05) is 0 Å². The largest absolute Gasteiger partial charge is 0.378 e. The number of hydrogen-bond donors (Lipinski definition) is 1. The zero-order valence-electron chi connectivity index (χ0n) is 10.7. The van der Waals surface area contributed by atoms with Gasteiger partial charge in [0.05, 0.1) is 6.10 Å². The summed E-state index contributed by atoms with van der Waals surface area (Å²) in [6, 6.07) is 0.730. The van der Waals surface area contributed by atoms with E-state index < -0.39 is 0 Å². The fourth-order valence-electron chi connectivity index (χ4n) is 2.81. The van der Waals surface area contributed by atoms with Gasteiger partial charge in [-0.3, -0.25) is 0 Å². The van der Waals surface area contributed by atoms with Crippen molar-refractivity contribution in [2.75, 3.05) is 13.2 Å². The zero-order chi connectivity index (χ0) is 11.2. The fraction of sp³-hybridized carbons (Fsp3) is 1.00. The van der Waals surface area contributed by atoms with Gasteiger partial charge in [-0.15, -0.1) is 0 Å². The Morgan fingerprint density at radius 1 is 1.19 bits per heavy atom. The van der Waals surface area contributed by atoms with Crippen molar-refractivity contribution >= 4 is 0 Å². The molecule has 2 heteroatoms. The second-order valence-corrected chi connectivity index (χ2v) is 5.54. The first-order valence-corrected chi connectivity index (χ1v) is 7.23. The van der Waals surface area contributed by atoms with E-state index in [1.165, 1.54) is 57.9 Å². The van der Waals surface area contributed by atoms with Crippen molar-refractivity contribution in [3.8, 4) is 0 Å². The molecule has 0 aliphatic heterocycles. The van der Waals surface area contributed by atoms with Crippen LogP contribution in [0.3, 0.4) is 0 Å². The first kappa shape index (κ1) is 12.4. The van der Waals surface area contributed by atoms with Gasteiger partial charge in [-0.1, -0.05) is 26.2 Å². The van der Waals surface area contributed by atoms with Gasteiger partial charge in [-0.25, -0.2) is 0 Å². The summed E-state index contributed by atoms with van der Waals surface area (Å²) in [7, 11) is 0. The second kappa shape index (κ2) is 6.61. The molecular formula is C14H27NO. The van der Waals surface area contributed by atoms with Crippen molar-refractivity contribution in [1.29, 1.82) is 0 Å². The summed E-state index contributed by atoms with van der Waals surface area (Å²) in [5.74, 6) is 0.996. The molecule has 0 heterocycles. The van der Waals surface area contributed by atoms with Crippen molar-refractivity contribution in [1.82, 2.24) is 5.32 Å². The molecule has 94 valence electrons. The molecule has 2 saturated carbocycles. The van der Waals surface area contributed by atoms with E-state index in [2.05, 4.69) is 12.2 Å². The molecular weight excluding hydrogens is 198 g/mol. The summed E-state index contributed by atoms with van der Waals surface area (Å²) < 4.78 is 5.98. The third-order valence-corrected chi connectivity index (χ3v) is 4.17. The minimum absolute atomic E-state index is 0.550. The lowest BCUT2D eigenvalue weighted by Crippen LogP contribution is -2.28. The first-order chi connectivity index (χ1) is 7.88. The summed E-state index contributed by atoms with van der Waals surface area (Å²) in [5.41, 5.74) is 0. The average Bonchev–Trinajstić information content (AvgIpc) is 2.67. The summed E-state index contributed by atoms with van der Waals surface area (Å²) in [6.45, 7) is 4.41. The summed E-state index contributed by atoms with van der Waals surface area (Å²) in [4.78, 5) is 0. The van der Waals surface area contributed by atoms with Crippen LogP contribution in [0.4, 0.5) is 0 Å². The minimum Gasteiger partial charge on any atom is -0.378 e. The summed E-state index contributed by atoms with van der Waals surface area (Å²) in [6.07, 6.45) is 11.3. The van der Waals surface area contributed by atoms with Crippen molar-refractivity contribution in [2.45, 2.75) is 70.4 Å². The molecule has 2 aliphatic rings. The number of rotatable bonds is 7. The minimum atomic E-state index is 0.550. The molecule has 2 rings (SSSR count). The normalized spacial score (nSPS) is 30.6. The van der Waals surface area contributed by atoms with Crippen LogP contribution >= 0.6 is 0 Å². The van der Waals surface area contributed by atoms with Crippen LogP contribution in [0.25, 0.3) is 0 Å². The fourth-order valence-corrected chi connectivity index (χ4v) is 2.81. The lowest BCUT2D eigenvalue weighted by Gasteiger charge is -2.25. The van der Waals surface area contributed by atoms with Gasteiger partial charge in [0.1, 0.15) is 0 Å². The lowest BCUT2D eigenvalue weighted by atomic mass is 9.83. The third kappa shape index (κ3) is 3.74. The Balaban J connectivity index is 1.50. The Morgan fingerprint density at radius 2 is 2.06 bits per heavy atom. The van der Waals surface area contributed by atoms with Crippen molar-refractivity contribution in [3.05, 3.63) is 0 Å². The van der Waals surface area contributed by atoms with Crippen LogP contribution in [0.15, 0.2) is 0 Å². The number of ether oxygens (including phenoxy) is 1. The summed E-state index contributed by atoms with van der Waals surface area (Å²) in [5, 5.41) is 3.60. The molecule has 0 radical (unpaired) electrons. The van der Waals surface area contributed by atoms with Crippen LogP contribution in [0, 0.1) is 5.92 Å². The van der Waals surface area contributed by atoms with Crippen molar-refractivity contribution in [2.24, 2.45) is 5.92 Å². The van der Waals surface area contributed by atoms with E-state index in [9.17, 15) is 0 Å². The Labute approximate surface area is 100 Å². The monoisotopic (exact) mass is 225 g/mol. The van der Waals surface area contributed by atoms with Gasteiger partial charge < -0.3 is 10.1 Å². The Hall–Kier alpha value is -0.0800. The standard InChI is InChI=1S/C14H27NO/c1-2-9-15-13-6-7-14(11-13)16-10-8-12-4-3-5-12/h12-15H,2-11H2,1H3. The molecule has 2 fully saturated rings. The van der Waals surface area contributed by atoms with Gasteiger partial charge in [0, 0.05) is 12.6 Å². The summed E-state index contributed by atoms with van der Waals surface area (Å²) >= 11 is 0. The molecule has 0 saturated heterocycles. The molecule has 0 aromatic heterocycles. The van der Waals surface area contributed by atoms with Crippen molar-refractivity contribution in [3.63, 3.8) is 0 Å². The smallest absolute Gasteiger partial charge is 0.0590 e. The molecule has 0 bridgehead atoms. The Bertz CT molecular complexity index is 191. The third-order valence-electron chi connectivity index (χ3n) is 4.17. The zero-order valence-corrected chi connectivity index (χ0v) is 10.7. The highest BCUT2D eigenvalue weighted by atomic mass is 16.5. The lowest BCUT2D eigenvalue weighted by molar-refractivity contribution is 0.0411. The van der Waals surface area contributed by atoms with E-state index in [-0.39, 0.29) is 0 Å². The number of hydrogen-bond acceptors (Lipinski definition) is 2. The highest BCUT2D eigenvalue weighted by Gasteiger charge is 2.25. The maximum absolute atomic E-state index is 5.98. The molecule has 0 spiro atoms. The molecule has 16 heavy (non-hydrogen) atoms. The van der Waals surface area contributed by atoms with E-state index in [0.717, 1.165) is 18.6 Å². The van der Waals surface area contributed by atoms with Crippen LogP contribution in [-0.4, -0.2) is 25.3 Å². The van der Waals surface area contributed by atoms with Crippen LogP contribution in [0.5, 0.6) is 0 Å². The highest BCUT2D eigenvalue weighted by Crippen LogP contribution is 2.30. The Kier molecular flexibility index (Phi) is 5.11. The van der Waals surface area contributed by atoms with Gasteiger partial charge in [0.15, 0.2) is 0 Å². The van der Waals surface area contributed by atoms with E-state index in [1.54, 1.807) is 0 Å². The topological polar surface area (TPSA) is 21.3 Å². The molecule has 2 unspecified atom stereocenters. The van der Waals surface area contributed by atoms with Gasteiger partial charge in [0.25, 0.3) is 0 Å². The SMILES string of the molecule is CCCNC1CCC(OCCC2CCC2)C1. The van der Waals surface area contributed by atoms with Crippen LogP contribution in [0.1, 0.15) is 58.3 Å². The van der Waals surface area contributed by atoms with Crippen molar-refractivity contribution < 1.29 is 4.74 Å². The predicted molar refractivity (Wildman–Crippen MR) is 67.6 cm³/mol. The van der Waals surface area contributed by atoms with E-state index in [0.29, 0.717) is 6.10 Å². The predicted octanol–water partition coefficient (Wildman–Crippen LogP) is 3.11. The molecule has 1 N–H and O–H groups in total. The molecule has 2 aliphatic carbocycles. The maximum Gasteiger partial charge on any atom is 0.0590 e. The molecule has 0 aromatic rings. The van der Waals surface area contributed by atoms with Gasteiger partial charge in [0.2, 0.25) is 0 Å². The number of nitrogens with one attached hydrogen (secondary N) is 1. The Morgan fingerprint density at radius 3 is 2.75 bits per heavy atom. The molecule has 0 amide bonds. The average molecular weight is 225 g/mol. The van der Waals surface area contributed by atoms with Gasteiger partial charge in [-0.2, -0.15) is 0 Å². The maximum atomic E-state index is 5.98. The second-order valence-electron chi connectivity index (χ2n) is 5.54. The van der Waals surface area contributed by atoms with Gasteiger partial charge >= 0.3 is 0 Å². The van der Waals surface area contributed by atoms with Gasteiger partial charge in [-0.05, 0) is 44.6 Å². The molecule has 2 nitrogen and oxygen atoms in total. The van der Waals surface area contributed by atoms with E-state index >= 15 is 0 Å². The quantitative estimate of drug-likeness (QED) is 0.719. The molecule has 0 aromatic carbocycles. The molecule has 2 atom stereocenters. The van der Waals surface area contributed by atoms with E-state index in [4.69, 9.17) is 4.74 Å². The van der Waals surface area contributed by atoms with Crippen LogP contribution < -0.4 is 5.32 Å². The first-order valence-electron chi connectivity index (χ1n) is 7.23.